The van der Waals surface area contributed by atoms with Crippen LogP contribution in [0.2, 0.25) is 0 Å². The van der Waals surface area contributed by atoms with E-state index >= 15 is 0 Å². The van der Waals surface area contributed by atoms with E-state index in [-0.39, 0.29) is 5.41 Å². The van der Waals surface area contributed by atoms with Gasteiger partial charge in [0.1, 0.15) is 0 Å². The van der Waals surface area contributed by atoms with Crippen molar-refractivity contribution in [3.05, 3.63) is 71.8 Å². The lowest BCUT2D eigenvalue weighted by Crippen LogP contribution is -2.45. The average molecular weight is 367 g/mol. The summed E-state index contributed by atoms with van der Waals surface area (Å²) in [6.45, 7) is 7.66. The number of amides is 2. The molecule has 0 aliphatic rings. The standard InChI is InChI=1S/C23H30N2O2/c1-23(2,3)18-25(17-20-13-8-5-9-14-20)22(27)21(26)24-16-10-15-19-11-6-4-7-12-19/h4-9,11-14H,10,15-18H2,1-3H3,(H,24,26). The van der Waals surface area contributed by atoms with E-state index in [0.29, 0.717) is 19.6 Å². The molecule has 0 aliphatic carbocycles. The number of rotatable bonds is 7. The van der Waals surface area contributed by atoms with Gasteiger partial charge in [-0.05, 0) is 29.4 Å². The first-order valence-corrected chi connectivity index (χ1v) is 9.50. The van der Waals surface area contributed by atoms with Crippen LogP contribution >= 0.6 is 0 Å². The van der Waals surface area contributed by atoms with Gasteiger partial charge in [0.25, 0.3) is 0 Å². The lowest BCUT2D eigenvalue weighted by Gasteiger charge is -2.29. The van der Waals surface area contributed by atoms with Crippen LogP contribution in [-0.2, 0) is 22.6 Å². The van der Waals surface area contributed by atoms with E-state index in [1.54, 1.807) is 4.90 Å². The zero-order valence-electron chi connectivity index (χ0n) is 16.6. The maximum Gasteiger partial charge on any atom is 0.312 e. The predicted octanol–water partition coefficient (Wildman–Crippen LogP) is 3.81. The lowest BCUT2D eigenvalue weighted by atomic mass is 9.95. The molecule has 2 aromatic rings. The fraction of sp³-hybridized carbons (Fsp3) is 0.391. The maximum absolute atomic E-state index is 12.7. The molecule has 0 spiro atoms. The van der Waals surface area contributed by atoms with Crippen LogP contribution in [0.15, 0.2) is 60.7 Å². The molecule has 0 aromatic heterocycles. The van der Waals surface area contributed by atoms with Crippen LogP contribution in [0.5, 0.6) is 0 Å². The molecule has 2 aromatic carbocycles. The number of hydrogen-bond donors (Lipinski definition) is 1. The van der Waals surface area contributed by atoms with Gasteiger partial charge in [-0.3, -0.25) is 9.59 Å². The number of aryl methyl sites for hydroxylation is 1. The summed E-state index contributed by atoms with van der Waals surface area (Å²) >= 11 is 0. The second-order valence-electron chi connectivity index (χ2n) is 8.05. The van der Waals surface area contributed by atoms with Crippen LogP contribution in [0.1, 0.15) is 38.3 Å². The Morgan fingerprint density at radius 3 is 2.00 bits per heavy atom. The molecule has 2 amide bonds. The Balaban J connectivity index is 1.89. The monoisotopic (exact) mass is 366 g/mol. The second-order valence-corrected chi connectivity index (χ2v) is 8.05. The number of hydrogen-bond acceptors (Lipinski definition) is 2. The van der Waals surface area contributed by atoms with Gasteiger partial charge in [0.15, 0.2) is 0 Å². The van der Waals surface area contributed by atoms with Crippen molar-refractivity contribution >= 4 is 11.8 Å². The van der Waals surface area contributed by atoms with Crippen LogP contribution < -0.4 is 5.32 Å². The minimum Gasteiger partial charge on any atom is -0.348 e. The average Bonchev–Trinajstić information content (AvgIpc) is 2.64. The minimum absolute atomic E-state index is 0.0853. The van der Waals surface area contributed by atoms with Crippen LogP contribution in [0.4, 0.5) is 0 Å². The number of carbonyl (C=O) groups is 2. The van der Waals surface area contributed by atoms with Gasteiger partial charge in [-0.15, -0.1) is 0 Å². The van der Waals surface area contributed by atoms with Gasteiger partial charge in [0.2, 0.25) is 0 Å². The Bertz CT molecular complexity index is 721. The molecule has 0 aliphatic heterocycles. The van der Waals surface area contributed by atoms with E-state index < -0.39 is 11.8 Å². The zero-order chi connectivity index (χ0) is 19.7. The van der Waals surface area contributed by atoms with Gasteiger partial charge in [-0.25, -0.2) is 0 Å². The highest BCUT2D eigenvalue weighted by molar-refractivity contribution is 6.34. The highest BCUT2D eigenvalue weighted by atomic mass is 16.2. The van der Waals surface area contributed by atoms with Gasteiger partial charge in [0.05, 0.1) is 0 Å². The first kappa shape index (κ1) is 20.7. The summed E-state index contributed by atoms with van der Waals surface area (Å²) in [4.78, 5) is 26.7. The lowest BCUT2D eigenvalue weighted by molar-refractivity contribution is -0.147. The molecule has 4 nitrogen and oxygen atoms in total. The topological polar surface area (TPSA) is 49.4 Å². The van der Waals surface area contributed by atoms with Crippen LogP contribution in [-0.4, -0.2) is 29.8 Å². The number of benzene rings is 2. The molecular formula is C23H30N2O2. The predicted molar refractivity (Wildman–Crippen MR) is 109 cm³/mol. The van der Waals surface area contributed by atoms with Crippen LogP contribution in [0, 0.1) is 5.41 Å². The Morgan fingerprint density at radius 1 is 0.889 bits per heavy atom. The summed E-state index contributed by atoms with van der Waals surface area (Å²) in [5.74, 6) is -0.989. The third-order valence-corrected chi connectivity index (χ3v) is 4.13. The highest BCUT2D eigenvalue weighted by Gasteiger charge is 2.26. The van der Waals surface area contributed by atoms with Crippen molar-refractivity contribution in [2.45, 2.75) is 40.2 Å². The third-order valence-electron chi connectivity index (χ3n) is 4.13. The van der Waals surface area contributed by atoms with Crippen LogP contribution in [0.3, 0.4) is 0 Å². The van der Waals surface area contributed by atoms with E-state index in [9.17, 15) is 9.59 Å². The molecule has 0 unspecified atom stereocenters. The van der Waals surface area contributed by atoms with E-state index in [4.69, 9.17) is 0 Å². The van der Waals surface area contributed by atoms with Gasteiger partial charge < -0.3 is 10.2 Å². The largest absolute Gasteiger partial charge is 0.348 e. The molecule has 27 heavy (non-hydrogen) atoms. The van der Waals surface area contributed by atoms with E-state index in [1.165, 1.54) is 5.56 Å². The van der Waals surface area contributed by atoms with Gasteiger partial charge in [0, 0.05) is 19.6 Å². The molecule has 2 rings (SSSR count). The van der Waals surface area contributed by atoms with E-state index in [2.05, 4.69) is 38.2 Å². The Kier molecular flexibility index (Phi) is 7.59. The zero-order valence-corrected chi connectivity index (χ0v) is 16.6. The molecule has 0 atom stereocenters. The first-order valence-electron chi connectivity index (χ1n) is 9.50. The van der Waals surface area contributed by atoms with Crippen molar-refractivity contribution < 1.29 is 9.59 Å². The number of carbonyl (C=O) groups excluding carboxylic acids is 2. The summed E-state index contributed by atoms with van der Waals surface area (Å²) < 4.78 is 0. The van der Waals surface area contributed by atoms with Crippen molar-refractivity contribution in [2.75, 3.05) is 13.1 Å². The summed E-state index contributed by atoms with van der Waals surface area (Å²) in [5, 5.41) is 2.77. The van der Waals surface area contributed by atoms with Crippen molar-refractivity contribution in [3.63, 3.8) is 0 Å². The SMILES string of the molecule is CC(C)(C)CN(Cc1ccccc1)C(=O)C(=O)NCCCc1ccccc1. The van der Waals surface area contributed by atoms with Crippen LogP contribution in [0.25, 0.3) is 0 Å². The van der Waals surface area contributed by atoms with Crippen molar-refractivity contribution in [1.82, 2.24) is 10.2 Å². The molecule has 0 radical (unpaired) electrons. The molecule has 0 heterocycles. The third kappa shape index (κ3) is 7.65. The molecule has 0 bridgehead atoms. The molecule has 0 saturated carbocycles. The van der Waals surface area contributed by atoms with Crippen molar-refractivity contribution in [2.24, 2.45) is 5.41 Å². The molecule has 144 valence electrons. The van der Waals surface area contributed by atoms with Gasteiger partial charge in [-0.1, -0.05) is 81.4 Å². The smallest absolute Gasteiger partial charge is 0.312 e. The minimum atomic E-state index is -0.525. The molecular weight excluding hydrogens is 336 g/mol. The summed E-state index contributed by atoms with van der Waals surface area (Å²) in [6.07, 6.45) is 1.69. The fourth-order valence-corrected chi connectivity index (χ4v) is 2.93. The summed E-state index contributed by atoms with van der Waals surface area (Å²) in [5.41, 5.74) is 2.17. The summed E-state index contributed by atoms with van der Waals surface area (Å²) in [6, 6.07) is 19.9. The number of nitrogens with one attached hydrogen (secondary N) is 1. The Morgan fingerprint density at radius 2 is 1.44 bits per heavy atom. The van der Waals surface area contributed by atoms with E-state index in [0.717, 1.165) is 18.4 Å². The molecule has 0 fully saturated rings. The summed E-state index contributed by atoms with van der Waals surface area (Å²) in [7, 11) is 0. The normalized spacial score (nSPS) is 11.1. The van der Waals surface area contributed by atoms with Gasteiger partial charge >= 0.3 is 11.8 Å². The molecule has 4 heteroatoms. The van der Waals surface area contributed by atoms with Crippen molar-refractivity contribution in [3.8, 4) is 0 Å². The van der Waals surface area contributed by atoms with Gasteiger partial charge in [-0.2, -0.15) is 0 Å². The maximum atomic E-state index is 12.7. The fourth-order valence-electron chi connectivity index (χ4n) is 2.93. The Hall–Kier alpha value is -2.62. The first-order chi connectivity index (χ1) is 12.8. The highest BCUT2D eigenvalue weighted by Crippen LogP contribution is 2.17. The van der Waals surface area contributed by atoms with Crippen molar-refractivity contribution in [1.29, 1.82) is 0 Å². The second kappa shape index (κ2) is 9.91. The number of nitrogens with zero attached hydrogens (tertiary/aromatic N) is 1. The Labute approximate surface area is 162 Å². The van der Waals surface area contributed by atoms with E-state index in [1.807, 2.05) is 48.5 Å². The molecule has 0 saturated heterocycles. The quantitative estimate of drug-likeness (QED) is 0.598. The molecule has 1 N–H and O–H groups in total.